The maximum absolute atomic E-state index is 11.4. The first kappa shape index (κ1) is 14.8. The molecule has 1 unspecified atom stereocenters. The number of rotatable bonds is 4. The lowest BCUT2D eigenvalue weighted by molar-refractivity contribution is 0.0696. The van der Waals surface area contributed by atoms with Gasteiger partial charge in [-0.05, 0) is 51.2 Å². The molecule has 1 atom stereocenters. The number of aromatic carboxylic acids is 1. The number of hydrogen-bond acceptors (Lipinski definition) is 3. The number of carboxylic acid groups (broad SMARTS) is 1. The van der Waals surface area contributed by atoms with Crippen molar-refractivity contribution in [3.63, 3.8) is 0 Å². The van der Waals surface area contributed by atoms with E-state index < -0.39 is 5.97 Å². The first-order valence-electron chi connectivity index (χ1n) is 7.47. The fourth-order valence-electron chi connectivity index (χ4n) is 3.18. The molecule has 4 nitrogen and oxygen atoms in total. The molecule has 0 saturated heterocycles. The van der Waals surface area contributed by atoms with Crippen molar-refractivity contribution in [2.75, 3.05) is 5.32 Å². The minimum atomic E-state index is -0.909. The Bertz CT molecular complexity index is 493. The molecule has 0 amide bonds. The highest BCUT2D eigenvalue weighted by atomic mass is 16.4. The summed E-state index contributed by atoms with van der Waals surface area (Å²) in [6, 6.07) is 2.09. The predicted octanol–water partition coefficient (Wildman–Crippen LogP) is 3.78. The molecule has 1 aromatic rings. The zero-order valence-corrected chi connectivity index (χ0v) is 12.6. The van der Waals surface area contributed by atoms with Crippen molar-refractivity contribution in [1.29, 1.82) is 0 Å². The Morgan fingerprint density at radius 2 is 2.00 bits per heavy atom. The zero-order chi connectivity index (χ0) is 14.7. The average molecular weight is 276 g/mol. The fourth-order valence-corrected chi connectivity index (χ4v) is 3.18. The van der Waals surface area contributed by atoms with E-state index >= 15 is 0 Å². The van der Waals surface area contributed by atoms with Crippen LogP contribution in [0, 0.1) is 19.8 Å². The number of carboxylic acids is 1. The largest absolute Gasteiger partial charge is 0.478 e. The molecule has 1 fully saturated rings. The first-order valence-corrected chi connectivity index (χ1v) is 7.47. The third-order valence-electron chi connectivity index (χ3n) is 4.28. The number of carbonyl (C=O) groups is 1. The van der Waals surface area contributed by atoms with Gasteiger partial charge in [0.2, 0.25) is 0 Å². The summed E-state index contributed by atoms with van der Waals surface area (Å²) in [5, 5.41) is 12.7. The minimum Gasteiger partial charge on any atom is -0.478 e. The minimum absolute atomic E-state index is 0.266. The summed E-state index contributed by atoms with van der Waals surface area (Å²) in [5.41, 5.74) is 1.92. The van der Waals surface area contributed by atoms with Gasteiger partial charge < -0.3 is 10.4 Å². The van der Waals surface area contributed by atoms with Gasteiger partial charge in [-0.15, -0.1) is 0 Å². The smallest absolute Gasteiger partial charge is 0.339 e. The number of nitrogens with zero attached hydrogens (tertiary/aromatic N) is 1. The van der Waals surface area contributed by atoms with Crippen molar-refractivity contribution in [2.45, 2.75) is 58.9 Å². The van der Waals surface area contributed by atoms with Gasteiger partial charge in [0.25, 0.3) is 0 Å². The molecule has 2 rings (SSSR count). The third kappa shape index (κ3) is 3.30. The molecule has 1 heterocycles. The van der Waals surface area contributed by atoms with Gasteiger partial charge >= 0.3 is 5.97 Å². The molecule has 0 radical (unpaired) electrons. The van der Waals surface area contributed by atoms with Gasteiger partial charge in [0.05, 0.1) is 0 Å². The highest BCUT2D eigenvalue weighted by molar-refractivity contribution is 5.94. The Labute approximate surface area is 120 Å². The van der Waals surface area contributed by atoms with Crippen LogP contribution < -0.4 is 5.32 Å². The molecule has 1 aliphatic carbocycles. The normalized spacial score (nSPS) is 17.8. The van der Waals surface area contributed by atoms with Gasteiger partial charge in [0.1, 0.15) is 11.4 Å². The van der Waals surface area contributed by atoms with Crippen LogP contribution in [0.3, 0.4) is 0 Å². The van der Waals surface area contributed by atoms with Gasteiger partial charge in [-0.2, -0.15) is 0 Å². The van der Waals surface area contributed by atoms with E-state index in [9.17, 15) is 9.90 Å². The van der Waals surface area contributed by atoms with Crippen LogP contribution >= 0.6 is 0 Å². The maximum atomic E-state index is 11.4. The van der Waals surface area contributed by atoms with E-state index in [-0.39, 0.29) is 6.04 Å². The number of anilines is 1. The van der Waals surface area contributed by atoms with Gasteiger partial charge in [0, 0.05) is 11.7 Å². The van der Waals surface area contributed by atoms with Crippen LogP contribution in [0.25, 0.3) is 0 Å². The Morgan fingerprint density at radius 3 is 2.60 bits per heavy atom. The summed E-state index contributed by atoms with van der Waals surface area (Å²) in [6.07, 6.45) is 6.33. The monoisotopic (exact) mass is 276 g/mol. The van der Waals surface area contributed by atoms with Crippen LogP contribution in [-0.4, -0.2) is 22.1 Å². The standard InChI is InChI=1S/C16H24N2O2/c1-10-9-11(2)17-15(14(10)16(19)20)18-12(3)13-7-5-4-6-8-13/h9,12-13H,4-8H2,1-3H3,(H,17,18)(H,19,20). The van der Waals surface area contributed by atoms with Crippen LogP contribution in [0.4, 0.5) is 5.82 Å². The molecule has 1 saturated carbocycles. The maximum Gasteiger partial charge on any atom is 0.339 e. The van der Waals surface area contributed by atoms with E-state index in [0.717, 1.165) is 11.3 Å². The van der Waals surface area contributed by atoms with Gasteiger partial charge in [0.15, 0.2) is 0 Å². The van der Waals surface area contributed by atoms with Gasteiger partial charge in [-0.3, -0.25) is 0 Å². The fraction of sp³-hybridized carbons (Fsp3) is 0.625. The lowest BCUT2D eigenvalue weighted by atomic mass is 9.84. The van der Waals surface area contributed by atoms with Gasteiger partial charge in [-0.1, -0.05) is 19.3 Å². The number of aryl methyl sites for hydroxylation is 2. The van der Waals surface area contributed by atoms with E-state index in [4.69, 9.17) is 0 Å². The summed E-state index contributed by atoms with van der Waals surface area (Å²) >= 11 is 0. The second-order valence-corrected chi connectivity index (χ2v) is 5.94. The van der Waals surface area contributed by atoms with Crippen molar-refractivity contribution in [3.05, 3.63) is 22.9 Å². The lowest BCUT2D eigenvalue weighted by Crippen LogP contribution is -2.29. The van der Waals surface area contributed by atoms with Crippen molar-refractivity contribution in [1.82, 2.24) is 4.98 Å². The molecule has 110 valence electrons. The summed E-state index contributed by atoms with van der Waals surface area (Å²) in [5.74, 6) is 0.231. The van der Waals surface area contributed by atoms with Crippen molar-refractivity contribution in [2.24, 2.45) is 5.92 Å². The Balaban J connectivity index is 2.21. The van der Waals surface area contributed by atoms with Crippen LogP contribution in [0.1, 0.15) is 60.6 Å². The number of pyridine rings is 1. The second-order valence-electron chi connectivity index (χ2n) is 5.94. The van der Waals surface area contributed by atoms with E-state index in [0.29, 0.717) is 17.3 Å². The average Bonchev–Trinajstić information content (AvgIpc) is 2.38. The number of nitrogens with one attached hydrogen (secondary N) is 1. The summed E-state index contributed by atoms with van der Waals surface area (Å²) in [6.45, 7) is 5.87. The SMILES string of the molecule is Cc1cc(C)c(C(=O)O)c(NC(C)C2CCCCC2)n1. The van der Waals surface area contributed by atoms with Crippen LogP contribution in [0.2, 0.25) is 0 Å². The highest BCUT2D eigenvalue weighted by Gasteiger charge is 2.23. The Hall–Kier alpha value is -1.58. The number of hydrogen-bond donors (Lipinski definition) is 2. The topological polar surface area (TPSA) is 62.2 Å². The molecule has 20 heavy (non-hydrogen) atoms. The zero-order valence-electron chi connectivity index (χ0n) is 12.6. The summed E-state index contributed by atoms with van der Waals surface area (Å²) in [4.78, 5) is 15.8. The van der Waals surface area contributed by atoms with Crippen molar-refractivity contribution in [3.8, 4) is 0 Å². The highest BCUT2D eigenvalue weighted by Crippen LogP contribution is 2.29. The summed E-state index contributed by atoms with van der Waals surface area (Å²) < 4.78 is 0. The first-order chi connectivity index (χ1) is 9.49. The van der Waals surface area contributed by atoms with E-state index in [1.165, 1.54) is 32.1 Å². The molecular weight excluding hydrogens is 252 g/mol. The Kier molecular flexibility index (Phi) is 4.63. The molecule has 1 aromatic heterocycles. The second kappa shape index (κ2) is 6.25. The molecule has 4 heteroatoms. The molecule has 0 bridgehead atoms. The van der Waals surface area contributed by atoms with E-state index in [1.54, 1.807) is 0 Å². The molecule has 0 aromatic carbocycles. The molecule has 0 aliphatic heterocycles. The van der Waals surface area contributed by atoms with E-state index in [2.05, 4.69) is 17.2 Å². The molecule has 1 aliphatic rings. The number of aromatic nitrogens is 1. The summed E-state index contributed by atoms with van der Waals surface area (Å²) in [7, 11) is 0. The Morgan fingerprint density at radius 1 is 1.35 bits per heavy atom. The molecule has 0 spiro atoms. The van der Waals surface area contributed by atoms with Crippen LogP contribution in [0.15, 0.2) is 6.07 Å². The third-order valence-corrected chi connectivity index (χ3v) is 4.28. The predicted molar refractivity (Wildman–Crippen MR) is 80.3 cm³/mol. The van der Waals surface area contributed by atoms with Crippen molar-refractivity contribution >= 4 is 11.8 Å². The van der Waals surface area contributed by atoms with E-state index in [1.807, 2.05) is 19.9 Å². The lowest BCUT2D eigenvalue weighted by Gasteiger charge is -2.29. The molecule has 2 N–H and O–H groups in total. The van der Waals surface area contributed by atoms with Crippen molar-refractivity contribution < 1.29 is 9.90 Å². The van der Waals surface area contributed by atoms with Crippen LogP contribution in [0.5, 0.6) is 0 Å². The van der Waals surface area contributed by atoms with Gasteiger partial charge in [-0.25, -0.2) is 9.78 Å². The van der Waals surface area contributed by atoms with Crippen LogP contribution in [-0.2, 0) is 0 Å². The molecular formula is C16H24N2O2. The quantitative estimate of drug-likeness (QED) is 0.878.